The van der Waals surface area contributed by atoms with Gasteiger partial charge in [0.15, 0.2) is 0 Å². The van der Waals surface area contributed by atoms with E-state index in [4.69, 9.17) is 24.5 Å². The lowest BCUT2D eigenvalue weighted by Gasteiger charge is -2.28. The molecule has 40 heavy (non-hydrogen) atoms. The molecule has 3 heterocycles. The van der Waals surface area contributed by atoms with Crippen molar-refractivity contribution in [2.45, 2.75) is 25.3 Å². The number of alkyl halides is 6. The Bertz CT molecular complexity index is 1140. The molecule has 2 aliphatic heterocycles. The summed E-state index contributed by atoms with van der Waals surface area (Å²) in [7, 11) is 0. The van der Waals surface area contributed by atoms with Crippen LogP contribution in [0.15, 0.2) is 48.8 Å². The number of rotatable bonds is 5. The first-order chi connectivity index (χ1) is 18.5. The molecule has 0 unspecified atom stereocenters. The summed E-state index contributed by atoms with van der Waals surface area (Å²) >= 11 is 0. The predicted octanol–water partition coefficient (Wildman–Crippen LogP) is 3.50. The van der Waals surface area contributed by atoms with Crippen LogP contribution in [0, 0.1) is 17.2 Å². The van der Waals surface area contributed by atoms with Crippen molar-refractivity contribution in [3.63, 3.8) is 0 Å². The molecule has 4 rings (SSSR count). The van der Waals surface area contributed by atoms with E-state index in [-0.39, 0.29) is 17.6 Å². The van der Waals surface area contributed by atoms with Gasteiger partial charge in [-0.25, -0.2) is 14.0 Å². The van der Waals surface area contributed by atoms with Gasteiger partial charge in [-0.2, -0.15) is 26.3 Å². The molecule has 220 valence electrons. The minimum Gasteiger partial charge on any atom is -0.492 e. The highest BCUT2D eigenvalue weighted by Crippen LogP contribution is 2.42. The molecular formula is C24H24F7N3O6. The van der Waals surface area contributed by atoms with E-state index in [1.54, 1.807) is 24.5 Å². The first-order valence-corrected chi connectivity index (χ1v) is 11.4. The second-order valence-electron chi connectivity index (χ2n) is 8.76. The van der Waals surface area contributed by atoms with Crippen LogP contribution in [0.5, 0.6) is 5.75 Å². The highest BCUT2D eigenvalue weighted by atomic mass is 19.4. The molecule has 1 amide bonds. The van der Waals surface area contributed by atoms with Crippen molar-refractivity contribution >= 4 is 17.8 Å². The van der Waals surface area contributed by atoms with Crippen molar-refractivity contribution in [1.29, 1.82) is 0 Å². The largest absolute Gasteiger partial charge is 0.492 e. The summed E-state index contributed by atoms with van der Waals surface area (Å²) in [6, 6.07) is 10.4. The Morgan fingerprint density at radius 1 is 1.07 bits per heavy atom. The van der Waals surface area contributed by atoms with Crippen LogP contribution in [-0.2, 0) is 20.9 Å². The molecule has 2 saturated heterocycles. The Labute approximate surface area is 222 Å². The Balaban J connectivity index is 0.000000333. The van der Waals surface area contributed by atoms with Crippen LogP contribution in [0.2, 0.25) is 0 Å². The van der Waals surface area contributed by atoms with Crippen LogP contribution in [0.25, 0.3) is 0 Å². The van der Waals surface area contributed by atoms with Crippen molar-refractivity contribution in [3.05, 3.63) is 60.2 Å². The predicted molar refractivity (Wildman–Crippen MR) is 122 cm³/mol. The lowest BCUT2D eigenvalue weighted by atomic mass is 9.77. The molecule has 3 N–H and O–H groups in total. The van der Waals surface area contributed by atoms with Crippen molar-refractivity contribution in [2.24, 2.45) is 11.3 Å². The van der Waals surface area contributed by atoms with E-state index < -0.39 is 29.7 Å². The average Bonchev–Trinajstić information content (AvgIpc) is 3.41. The van der Waals surface area contributed by atoms with Crippen LogP contribution >= 0.6 is 0 Å². The van der Waals surface area contributed by atoms with E-state index in [1.807, 2.05) is 18.2 Å². The fraction of sp³-hybridized carbons (Fsp3) is 0.417. The number of nitrogens with zero attached hydrogens (tertiary/aromatic N) is 2. The maximum Gasteiger partial charge on any atom is 0.490 e. The third kappa shape index (κ3) is 9.36. The number of hydrogen-bond donors (Lipinski definition) is 3. The van der Waals surface area contributed by atoms with Crippen molar-refractivity contribution in [3.8, 4) is 5.75 Å². The van der Waals surface area contributed by atoms with E-state index in [1.165, 1.54) is 6.07 Å². The van der Waals surface area contributed by atoms with Crippen LogP contribution < -0.4 is 10.1 Å². The normalized spacial score (nSPS) is 20.6. The molecule has 0 bridgehead atoms. The smallest absolute Gasteiger partial charge is 0.490 e. The number of carbonyl (C=O) groups is 3. The maximum absolute atomic E-state index is 13.4. The third-order valence-electron chi connectivity index (χ3n) is 5.99. The fourth-order valence-corrected chi connectivity index (χ4v) is 4.08. The molecule has 2 aromatic rings. The Kier molecular flexibility index (Phi) is 10.8. The zero-order valence-electron chi connectivity index (χ0n) is 20.5. The number of aliphatic carboxylic acids is 2. The summed E-state index contributed by atoms with van der Waals surface area (Å²) < 4.78 is 82.8. The number of aromatic nitrogens is 1. The van der Waals surface area contributed by atoms with Gasteiger partial charge >= 0.3 is 24.3 Å². The highest BCUT2D eigenvalue weighted by Gasteiger charge is 2.54. The number of likely N-dealkylation sites (tertiary alicyclic amines) is 1. The number of pyridine rings is 1. The molecule has 0 saturated carbocycles. The first kappa shape index (κ1) is 32.3. The monoisotopic (exact) mass is 583 g/mol. The highest BCUT2D eigenvalue weighted by molar-refractivity contribution is 5.86. The Hall–Kier alpha value is -3.95. The van der Waals surface area contributed by atoms with Crippen LogP contribution in [0.3, 0.4) is 0 Å². The van der Waals surface area contributed by atoms with Gasteiger partial charge in [0.1, 0.15) is 11.6 Å². The molecule has 9 nitrogen and oxygen atoms in total. The lowest BCUT2D eigenvalue weighted by molar-refractivity contribution is -0.193. The van der Waals surface area contributed by atoms with Crippen LogP contribution in [-0.4, -0.2) is 76.5 Å². The average molecular weight is 583 g/mol. The number of amides is 1. The van der Waals surface area contributed by atoms with Crippen molar-refractivity contribution in [2.75, 3.05) is 26.2 Å². The van der Waals surface area contributed by atoms with E-state index in [9.17, 15) is 35.5 Å². The summed E-state index contributed by atoms with van der Waals surface area (Å²) in [5, 5.41) is 17.3. The topological polar surface area (TPSA) is 129 Å². The fourth-order valence-electron chi connectivity index (χ4n) is 4.08. The van der Waals surface area contributed by atoms with Gasteiger partial charge in [-0.15, -0.1) is 0 Å². The SMILES string of the molecule is O=C(O)C(F)(F)F.O=C(O)C(F)(F)F.O=C1NC[C@@H](COc2cccnc2)[C@]12CCN(Cc1cccc(F)c1)C2. The molecule has 0 radical (unpaired) electrons. The Morgan fingerprint density at radius 2 is 1.70 bits per heavy atom. The van der Waals surface area contributed by atoms with Gasteiger partial charge in [0, 0.05) is 31.7 Å². The zero-order valence-corrected chi connectivity index (χ0v) is 20.5. The number of carboxylic acids is 2. The molecule has 2 atom stereocenters. The molecule has 0 aliphatic carbocycles. The minimum atomic E-state index is -5.08. The second-order valence-corrected chi connectivity index (χ2v) is 8.76. The van der Waals surface area contributed by atoms with Gasteiger partial charge in [0.2, 0.25) is 5.91 Å². The van der Waals surface area contributed by atoms with Gasteiger partial charge < -0.3 is 20.3 Å². The lowest BCUT2D eigenvalue weighted by Crippen LogP contribution is -2.40. The quantitative estimate of drug-likeness (QED) is 0.457. The van der Waals surface area contributed by atoms with Gasteiger partial charge in [0.25, 0.3) is 0 Å². The summed E-state index contributed by atoms with van der Waals surface area (Å²) in [5.41, 5.74) is 0.513. The van der Waals surface area contributed by atoms with Crippen molar-refractivity contribution < 1.29 is 60.1 Å². The summed E-state index contributed by atoms with van der Waals surface area (Å²) in [6.45, 7) is 3.28. The maximum atomic E-state index is 13.4. The van der Waals surface area contributed by atoms with Crippen molar-refractivity contribution in [1.82, 2.24) is 15.2 Å². The standard InChI is InChI=1S/C20H22FN3O2.2C2HF3O2/c21-17-4-1-3-15(9-17)12-24-8-6-20(14-24)16(10-23-19(20)25)13-26-18-5-2-7-22-11-18;2*3-2(4,5)1(6)7/h1-5,7,9,11,16H,6,8,10,12-14H2,(H,23,25);2*(H,6,7)/t16-,20+;;/m0../s1. The summed E-state index contributed by atoms with van der Waals surface area (Å²) in [4.78, 5) is 36.7. The molecule has 16 heteroatoms. The molecule has 1 aromatic heterocycles. The number of ether oxygens (including phenoxy) is 1. The summed E-state index contributed by atoms with van der Waals surface area (Å²) in [6.07, 6.45) is -5.98. The van der Waals surface area contributed by atoms with Gasteiger partial charge in [-0.1, -0.05) is 12.1 Å². The minimum absolute atomic E-state index is 0.110. The number of nitrogens with one attached hydrogen (secondary N) is 1. The second kappa shape index (κ2) is 13.4. The summed E-state index contributed by atoms with van der Waals surface area (Å²) in [5.74, 6) is -4.79. The number of carbonyl (C=O) groups excluding carboxylic acids is 1. The Morgan fingerprint density at radius 3 is 2.23 bits per heavy atom. The molecule has 2 fully saturated rings. The molecule has 1 spiro atoms. The van der Waals surface area contributed by atoms with E-state index in [2.05, 4.69) is 15.2 Å². The molecular weight excluding hydrogens is 559 g/mol. The van der Waals surface area contributed by atoms with E-state index in [0.717, 1.165) is 24.3 Å². The van der Waals surface area contributed by atoms with Crippen LogP contribution in [0.4, 0.5) is 30.7 Å². The van der Waals surface area contributed by atoms with Gasteiger partial charge in [-0.05, 0) is 42.8 Å². The third-order valence-corrected chi connectivity index (χ3v) is 5.99. The molecule has 1 aromatic carbocycles. The van der Waals surface area contributed by atoms with Crippen LogP contribution in [0.1, 0.15) is 12.0 Å². The number of halogens is 7. The van der Waals surface area contributed by atoms with Gasteiger partial charge in [0.05, 0.1) is 18.2 Å². The van der Waals surface area contributed by atoms with Gasteiger partial charge in [-0.3, -0.25) is 14.7 Å². The zero-order chi connectivity index (χ0) is 30.1. The number of hydrogen-bond acceptors (Lipinski definition) is 6. The number of carboxylic acid groups (broad SMARTS) is 2. The molecule has 2 aliphatic rings. The van der Waals surface area contributed by atoms with E-state index in [0.29, 0.717) is 26.2 Å². The first-order valence-electron chi connectivity index (χ1n) is 11.4. The number of benzene rings is 1. The van der Waals surface area contributed by atoms with E-state index >= 15 is 0 Å².